The maximum Gasteiger partial charge on any atom is 0.336 e. The molecule has 0 atom stereocenters. The highest BCUT2D eigenvalue weighted by molar-refractivity contribution is 7.82. The number of ether oxygens (including phenoxy) is 1. The van der Waals surface area contributed by atoms with Crippen LogP contribution in [0.5, 0.6) is 5.75 Å². The molecule has 0 bridgehead atoms. The molecule has 0 saturated heterocycles. The van der Waals surface area contributed by atoms with E-state index in [9.17, 15) is 9.59 Å². The van der Waals surface area contributed by atoms with Crippen LogP contribution in [0.25, 0.3) is 0 Å². The van der Waals surface area contributed by atoms with Gasteiger partial charge in [-0.25, -0.2) is 9.10 Å². The SMILES string of the molecule is COc1cccc(C(=O)Nc2ccc(N(S)C(=O)Nc3ccc(N(C)C4CCCCC4)c(Cl)c3)cc2)c1. The summed E-state index contributed by atoms with van der Waals surface area (Å²) in [5.41, 5.74) is 3.15. The van der Waals surface area contributed by atoms with Crippen LogP contribution in [0.1, 0.15) is 42.5 Å². The summed E-state index contributed by atoms with van der Waals surface area (Å²) < 4.78 is 6.37. The van der Waals surface area contributed by atoms with E-state index >= 15 is 0 Å². The molecular weight excluding hydrogens is 508 g/mol. The second kappa shape index (κ2) is 12.3. The molecule has 1 aliphatic carbocycles. The smallest absolute Gasteiger partial charge is 0.336 e. The van der Waals surface area contributed by atoms with E-state index in [0.29, 0.717) is 39.4 Å². The molecule has 3 amide bonds. The van der Waals surface area contributed by atoms with Gasteiger partial charge in [-0.05, 0) is 73.5 Å². The van der Waals surface area contributed by atoms with Crippen LogP contribution in [0.4, 0.5) is 27.5 Å². The van der Waals surface area contributed by atoms with Gasteiger partial charge >= 0.3 is 6.03 Å². The first kappa shape index (κ1) is 26.7. The Bertz CT molecular complexity index is 1250. The number of hydrogen-bond donors (Lipinski definition) is 3. The molecule has 0 aromatic heterocycles. The van der Waals surface area contributed by atoms with E-state index in [-0.39, 0.29) is 5.91 Å². The summed E-state index contributed by atoms with van der Waals surface area (Å²) in [6.07, 6.45) is 6.12. The highest BCUT2D eigenvalue weighted by Crippen LogP contribution is 2.33. The molecule has 9 heteroatoms. The lowest BCUT2D eigenvalue weighted by molar-refractivity contribution is 0.102. The maximum atomic E-state index is 12.8. The van der Waals surface area contributed by atoms with Crippen molar-refractivity contribution < 1.29 is 14.3 Å². The zero-order valence-electron chi connectivity index (χ0n) is 20.9. The van der Waals surface area contributed by atoms with Crippen molar-refractivity contribution in [1.29, 1.82) is 0 Å². The normalized spacial score (nSPS) is 13.5. The molecule has 1 fully saturated rings. The first-order valence-electron chi connectivity index (χ1n) is 12.2. The molecule has 37 heavy (non-hydrogen) atoms. The van der Waals surface area contributed by atoms with Crippen molar-refractivity contribution in [3.05, 3.63) is 77.3 Å². The van der Waals surface area contributed by atoms with Crippen molar-refractivity contribution in [2.24, 2.45) is 0 Å². The van der Waals surface area contributed by atoms with Crippen LogP contribution in [-0.4, -0.2) is 32.1 Å². The van der Waals surface area contributed by atoms with Gasteiger partial charge < -0.3 is 20.3 Å². The third-order valence-corrected chi connectivity index (χ3v) is 7.31. The fraction of sp³-hybridized carbons (Fsp3) is 0.286. The molecular formula is C28H31ClN4O3S. The van der Waals surface area contributed by atoms with E-state index in [0.717, 1.165) is 5.69 Å². The van der Waals surface area contributed by atoms with Gasteiger partial charge in [0.2, 0.25) is 0 Å². The second-order valence-electron chi connectivity index (χ2n) is 9.04. The molecule has 1 saturated carbocycles. The summed E-state index contributed by atoms with van der Waals surface area (Å²) >= 11 is 10.9. The molecule has 0 aliphatic heterocycles. The minimum atomic E-state index is -0.430. The van der Waals surface area contributed by atoms with Crippen LogP contribution >= 0.6 is 24.4 Å². The van der Waals surface area contributed by atoms with Gasteiger partial charge in [-0.1, -0.05) is 49.7 Å². The Labute approximate surface area is 228 Å². The average molecular weight is 539 g/mol. The zero-order valence-corrected chi connectivity index (χ0v) is 22.6. The van der Waals surface area contributed by atoms with Gasteiger partial charge in [-0.15, -0.1) is 0 Å². The molecule has 194 valence electrons. The molecule has 3 aromatic rings. The van der Waals surface area contributed by atoms with Gasteiger partial charge in [0.15, 0.2) is 0 Å². The highest BCUT2D eigenvalue weighted by atomic mass is 35.5. The number of carbonyl (C=O) groups is 2. The van der Waals surface area contributed by atoms with Gasteiger partial charge in [0, 0.05) is 30.0 Å². The Kier molecular flexibility index (Phi) is 8.84. The van der Waals surface area contributed by atoms with Crippen LogP contribution in [0.2, 0.25) is 5.02 Å². The van der Waals surface area contributed by atoms with E-state index < -0.39 is 6.03 Å². The number of anilines is 4. The second-order valence-corrected chi connectivity index (χ2v) is 9.85. The quantitative estimate of drug-likeness (QED) is 0.277. The Hall–Kier alpha value is -3.36. The monoisotopic (exact) mass is 538 g/mol. The Morgan fingerprint density at radius 1 is 0.946 bits per heavy atom. The number of hydrogen-bond acceptors (Lipinski definition) is 5. The van der Waals surface area contributed by atoms with Crippen molar-refractivity contribution in [2.75, 3.05) is 34.0 Å². The van der Waals surface area contributed by atoms with E-state index in [4.69, 9.17) is 16.3 Å². The topological polar surface area (TPSA) is 73.9 Å². The van der Waals surface area contributed by atoms with Crippen LogP contribution in [-0.2, 0) is 0 Å². The fourth-order valence-corrected chi connectivity index (χ4v) is 4.98. The number of rotatable bonds is 7. The molecule has 3 aromatic carbocycles. The first-order valence-corrected chi connectivity index (χ1v) is 13.0. The molecule has 0 spiro atoms. The van der Waals surface area contributed by atoms with Crippen molar-refractivity contribution in [3.63, 3.8) is 0 Å². The summed E-state index contributed by atoms with van der Waals surface area (Å²) in [6.45, 7) is 0. The number of benzene rings is 3. The summed E-state index contributed by atoms with van der Waals surface area (Å²) in [6, 6.07) is 19.3. The number of nitrogens with one attached hydrogen (secondary N) is 2. The molecule has 4 rings (SSSR count). The minimum absolute atomic E-state index is 0.262. The predicted molar refractivity (Wildman–Crippen MR) is 155 cm³/mol. The van der Waals surface area contributed by atoms with Crippen molar-refractivity contribution in [2.45, 2.75) is 38.1 Å². The molecule has 0 heterocycles. The number of methoxy groups -OCH3 is 1. The third kappa shape index (κ3) is 6.70. The van der Waals surface area contributed by atoms with E-state index in [2.05, 4.69) is 35.4 Å². The predicted octanol–water partition coefficient (Wildman–Crippen LogP) is 7.25. The van der Waals surface area contributed by atoms with Crippen molar-refractivity contribution >= 4 is 59.1 Å². The van der Waals surface area contributed by atoms with Gasteiger partial charge in [-0.2, -0.15) is 0 Å². The lowest BCUT2D eigenvalue weighted by Gasteiger charge is -2.33. The molecule has 0 unspecified atom stereocenters. The van der Waals surface area contributed by atoms with Gasteiger partial charge in [-0.3, -0.25) is 4.79 Å². The number of amides is 3. The zero-order chi connectivity index (χ0) is 26.4. The Morgan fingerprint density at radius 2 is 1.65 bits per heavy atom. The number of halogens is 1. The highest BCUT2D eigenvalue weighted by Gasteiger charge is 2.20. The maximum absolute atomic E-state index is 12.8. The number of carbonyl (C=O) groups excluding carboxylic acids is 2. The molecule has 1 aliphatic rings. The molecule has 7 nitrogen and oxygen atoms in total. The number of thiol groups is 1. The standard InChI is InChI=1S/C28H31ClN4O3S/c1-32(22-8-4-3-5-9-22)26-16-13-21(18-25(26)29)31-28(35)33(37)23-14-11-20(12-15-23)30-27(34)19-7-6-10-24(17-19)36-2/h6-7,10-18,22,37H,3-5,8-9H2,1-2H3,(H,30,34)(H,31,35). The average Bonchev–Trinajstić information content (AvgIpc) is 2.93. The summed E-state index contributed by atoms with van der Waals surface area (Å²) in [5.74, 6) is 0.341. The summed E-state index contributed by atoms with van der Waals surface area (Å²) in [5, 5.41) is 6.25. The largest absolute Gasteiger partial charge is 0.497 e. The summed E-state index contributed by atoms with van der Waals surface area (Å²) in [7, 11) is 3.63. The minimum Gasteiger partial charge on any atom is -0.497 e. The Morgan fingerprint density at radius 3 is 2.32 bits per heavy atom. The third-order valence-electron chi connectivity index (χ3n) is 6.60. The Balaban J connectivity index is 1.36. The van der Waals surface area contributed by atoms with Gasteiger partial charge in [0.25, 0.3) is 5.91 Å². The van der Waals surface area contributed by atoms with Crippen LogP contribution < -0.4 is 24.6 Å². The van der Waals surface area contributed by atoms with Gasteiger partial charge in [0.05, 0.1) is 23.5 Å². The van der Waals surface area contributed by atoms with E-state index in [1.165, 1.54) is 36.4 Å². The number of urea groups is 1. The van der Waals surface area contributed by atoms with Crippen LogP contribution in [0, 0.1) is 0 Å². The van der Waals surface area contributed by atoms with Crippen LogP contribution in [0.15, 0.2) is 66.7 Å². The van der Waals surface area contributed by atoms with Crippen molar-refractivity contribution in [3.8, 4) is 5.75 Å². The lowest BCUT2D eigenvalue weighted by Crippen LogP contribution is -2.33. The fourth-order valence-electron chi connectivity index (χ4n) is 4.48. The van der Waals surface area contributed by atoms with E-state index in [1.54, 1.807) is 61.7 Å². The summed E-state index contributed by atoms with van der Waals surface area (Å²) in [4.78, 5) is 27.6. The molecule has 2 N–H and O–H groups in total. The van der Waals surface area contributed by atoms with Gasteiger partial charge in [0.1, 0.15) is 5.75 Å². The van der Waals surface area contributed by atoms with Crippen molar-refractivity contribution in [1.82, 2.24) is 0 Å². The first-order chi connectivity index (χ1) is 17.9. The number of nitrogens with zero attached hydrogens (tertiary/aromatic N) is 2. The van der Waals surface area contributed by atoms with E-state index in [1.807, 2.05) is 12.1 Å². The lowest BCUT2D eigenvalue weighted by atomic mass is 9.94. The molecule has 0 radical (unpaired) electrons. The van der Waals surface area contributed by atoms with Crippen LogP contribution in [0.3, 0.4) is 0 Å².